The van der Waals surface area contributed by atoms with E-state index in [0.29, 0.717) is 29.6 Å². The van der Waals surface area contributed by atoms with Crippen LogP contribution in [0.1, 0.15) is 15.2 Å². The number of carbonyl (C=O) groups is 1. The molecule has 0 bridgehead atoms. The molecule has 0 radical (unpaired) electrons. The molecular formula is C21H18N4O2S. The fraction of sp³-hybridized carbons (Fsp3) is 0.0952. The van der Waals surface area contributed by atoms with Crippen molar-refractivity contribution < 1.29 is 9.53 Å². The smallest absolute Gasteiger partial charge is 0.281 e. The molecule has 0 atom stereocenters. The highest BCUT2D eigenvalue weighted by Gasteiger charge is 2.19. The minimum absolute atomic E-state index is 0.276. The van der Waals surface area contributed by atoms with Crippen LogP contribution in [-0.2, 0) is 6.54 Å². The summed E-state index contributed by atoms with van der Waals surface area (Å²) in [7, 11) is 1.57. The number of methoxy groups -OCH3 is 1. The number of benzene rings is 2. The van der Waals surface area contributed by atoms with E-state index >= 15 is 0 Å². The van der Waals surface area contributed by atoms with Gasteiger partial charge in [0.25, 0.3) is 5.91 Å². The average Bonchev–Trinajstić information content (AvgIpc) is 3.42. The summed E-state index contributed by atoms with van der Waals surface area (Å²) in [6.07, 6.45) is 0. The Morgan fingerprint density at radius 3 is 2.71 bits per heavy atom. The van der Waals surface area contributed by atoms with Gasteiger partial charge in [0.05, 0.1) is 13.7 Å². The van der Waals surface area contributed by atoms with Crippen LogP contribution in [0.3, 0.4) is 0 Å². The Balaban J connectivity index is 1.70. The third kappa shape index (κ3) is 3.79. The van der Waals surface area contributed by atoms with Gasteiger partial charge in [-0.1, -0.05) is 42.5 Å². The average molecular weight is 390 g/mol. The Hall–Kier alpha value is -3.45. The number of nitrogens with zero attached hydrogens (tertiary/aromatic N) is 3. The quantitative estimate of drug-likeness (QED) is 0.531. The van der Waals surface area contributed by atoms with Crippen molar-refractivity contribution >= 4 is 23.2 Å². The van der Waals surface area contributed by atoms with Gasteiger partial charge in [0.2, 0.25) is 5.95 Å². The third-order valence-corrected chi connectivity index (χ3v) is 5.03. The second-order valence-electron chi connectivity index (χ2n) is 6.01. The normalized spacial score (nSPS) is 10.6. The lowest BCUT2D eigenvalue weighted by Gasteiger charge is -2.07. The van der Waals surface area contributed by atoms with Gasteiger partial charge in [-0.15, -0.1) is 16.4 Å². The molecule has 4 rings (SSSR count). The van der Waals surface area contributed by atoms with E-state index in [1.54, 1.807) is 42.7 Å². The van der Waals surface area contributed by atoms with Crippen molar-refractivity contribution in [3.05, 3.63) is 82.6 Å². The van der Waals surface area contributed by atoms with Gasteiger partial charge < -0.3 is 10.1 Å². The van der Waals surface area contributed by atoms with E-state index < -0.39 is 0 Å². The van der Waals surface area contributed by atoms with Gasteiger partial charge in [-0.25, -0.2) is 0 Å². The first-order valence-electron chi connectivity index (χ1n) is 8.72. The van der Waals surface area contributed by atoms with Crippen molar-refractivity contribution in [3.63, 3.8) is 0 Å². The Bertz CT molecular complexity index is 1080. The molecule has 4 aromatic rings. The van der Waals surface area contributed by atoms with Crippen LogP contribution in [0, 0.1) is 0 Å². The largest absolute Gasteiger partial charge is 0.497 e. The maximum atomic E-state index is 13.1. The molecule has 0 amide bonds. The fourth-order valence-corrected chi connectivity index (χ4v) is 3.38. The van der Waals surface area contributed by atoms with E-state index in [4.69, 9.17) is 4.74 Å². The van der Waals surface area contributed by atoms with Crippen molar-refractivity contribution in [2.45, 2.75) is 6.54 Å². The first kappa shape index (κ1) is 17.9. The standard InChI is InChI=1S/C21H18N4O2S/c1-27-17-10-5-9-16(13-17)20(26)25-21(22-14-18-11-6-12-28-18)23-19(24-25)15-7-3-2-4-8-15/h2-13H,14H2,1H3,(H,22,23,24). The topological polar surface area (TPSA) is 69.0 Å². The zero-order valence-corrected chi connectivity index (χ0v) is 16.0. The van der Waals surface area contributed by atoms with Gasteiger partial charge in [0.1, 0.15) is 5.75 Å². The van der Waals surface area contributed by atoms with Crippen molar-refractivity contribution in [2.75, 3.05) is 12.4 Å². The third-order valence-electron chi connectivity index (χ3n) is 4.15. The first-order valence-corrected chi connectivity index (χ1v) is 9.60. The molecule has 0 saturated heterocycles. The number of aromatic nitrogens is 3. The fourth-order valence-electron chi connectivity index (χ4n) is 2.74. The van der Waals surface area contributed by atoms with Crippen LogP contribution in [0.15, 0.2) is 72.1 Å². The Labute approximate surface area is 166 Å². The molecule has 28 heavy (non-hydrogen) atoms. The number of thiophene rings is 1. The number of anilines is 1. The summed E-state index contributed by atoms with van der Waals surface area (Å²) in [6, 6.07) is 20.6. The number of ether oxygens (including phenoxy) is 1. The van der Waals surface area contributed by atoms with Crippen LogP contribution < -0.4 is 10.1 Å². The summed E-state index contributed by atoms with van der Waals surface area (Å²) in [6.45, 7) is 0.565. The Morgan fingerprint density at radius 1 is 1.11 bits per heavy atom. The van der Waals surface area contributed by atoms with E-state index in [1.165, 1.54) is 4.68 Å². The first-order chi connectivity index (χ1) is 13.7. The zero-order valence-electron chi connectivity index (χ0n) is 15.2. The van der Waals surface area contributed by atoms with Crippen molar-refractivity contribution in [3.8, 4) is 17.1 Å². The highest BCUT2D eigenvalue weighted by molar-refractivity contribution is 7.09. The highest BCUT2D eigenvalue weighted by Crippen LogP contribution is 2.21. The monoisotopic (exact) mass is 390 g/mol. The second-order valence-corrected chi connectivity index (χ2v) is 7.04. The van der Waals surface area contributed by atoms with E-state index in [0.717, 1.165) is 10.4 Å². The van der Waals surface area contributed by atoms with Crippen LogP contribution in [0.5, 0.6) is 5.75 Å². The molecule has 0 saturated carbocycles. The molecule has 7 heteroatoms. The van der Waals surface area contributed by atoms with Gasteiger partial charge in [-0.3, -0.25) is 4.79 Å². The van der Waals surface area contributed by atoms with Gasteiger partial charge in [-0.2, -0.15) is 9.67 Å². The molecule has 2 aromatic heterocycles. The number of hydrogen-bond donors (Lipinski definition) is 1. The molecule has 6 nitrogen and oxygen atoms in total. The van der Waals surface area contributed by atoms with Crippen molar-refractivity contribution in [1.29, 1.82) is 0 Å². The lowest BCUT2D eigenvalue weighted by atomic mass is 10.2. The molecular weight excluding hydrogens is 372 g/mol. The van der Waals surface area contributed by atoms with Crippen molar-refractivity contribution in [2.24, 2.45) is 0 Å². The van der Waals surface area contributed by atoms with Crippen LogP contribution >= 0.6 is 11.3 Å². The molecule has 0 aliphatic carbocycles. The van der Waals surface area contributed by atoms with Crippen LogP contribution in [0.2, 0.25) is 0 Å². The van der Waals surface area contributed by atoms with Crippen molar-refractivity contribution in [1.82, 2.24) is 14.8 Å². The maximum Gasteiger partial charge on any atom is 0.281 e. The summed E-state index contributed by atoms with van der Waals surface area (Å²) in [5.74, 6) is 1.23. The number of nitrogens with one attached hydrogen (secondary N) is 1. The predicted molar refractivity (Wildman–Crippen MR) is 110 cm³/mol. The minimum Gasteiger partial charge on any atom is -0.497 e. The molecule has 140 valence electrons. The van der Waals surface area contributed by atoms with Crippen LogP contribution in [0.25, 0.3) is 11.4 Å². The lowest BCUT2D eigenvalue weighted by Crippen LogP contribution is -2.17. The van der Waals surface area contributed by atoms with Gasteiger partial charge >= 0.3 is 0 Å². The summed E-state index contributed by atoms with van der Waals surface area (Å²) in [5, 5.41) is 9.71. The van der Waals surface area contributed by atoms with Gasteiger partial charge in [0.15, 0.2) is 5.82 Å². The summed E-state index contributed by atoms with van der Waals surface area (Å²) >= 11 is 1.64. The zero-order chi connectivity index (χ0) is 19.3. The van der Waals surface area contributed by atoms with E-state index in [2.05, 4.69) is 15.4 Å². The number of rotatable bonds is 6. The molecule has 2 aromatic carbocycles. The minimum atomic E-state index is -0.276. The molecule has 0 aliphatic rings. The molecule has 0 fully saturated rings. The molecule has 1 N–H and O–H groups in total. The number of hydrogen-bond acceptors (Lipinski definition) is 6. The Kier molecular flexibility index (Phi) is 5.16. The maximum absolute atomic E-state index is 13.1. The summed E-state index contributed by atoms with van der Waals surface area (Å²) in [4.78, 5) is 18.8. The van der Waals surface area contributed by atoms with Crippen LogP contribution in [0.4, 0.5) is 5.95 Å². The predicted octanol–water partition coefficient (Wildman–Crippen LogP) is 4.32. The molecule has 0 aliphatic heterocycles. The molecule has 0 spiro atoms. The van der Waals surface area contributed by atoms with E-state index in [9.17, 15) is 4.79 Å². The van der Waals surface area contributed by atoms with Crippen LogP contribution in [-0.4, -0.2) is 27.8 Å². The molecule has 2 heterocycles. The lowest BCUT2D eigenvalue weighted by molar-refractivity contribution is 0.0947. The Morgan fingerprint density at radius 2 is 1.96 bits per heavy atom. The van der Waals surface area contributed by atoms with E-state index in [-0.39, 0.29) is 5.91 Å². The second kappa shape index (κ2) is 8.06. The van der Waals surface area contributed by atoms with E-state index in [1.807, 2.05) is 47.8 Å². The van der Waals surface area contributed by atoms with Gasteiger partial charge in [0, 0.05) is 16.0 Å². The summed E-state index contributed by atoms with van der Waals surface area (Å²) < 4.78 is 6.54. The summed E-state index contributed by atoms with van der Waals surface area (Å²) in [5.41, 5.74) is 1.32. The molecule has 0 unspecified atom stereocenters. The highest BCUT2D eigenvalue weighted by atomic mass is 32.1. The SMILES string of the molecule is COc1cccc(C(=O)n2nc(-c3ccccc3)nc2NCc2cccs2)c1. The number of carbonyl (C=O) groups excluding carboxylic acids is 1. The van der Waals surface area contributed by atoms with Gasteiger partial charge in [-0.05, 0) is 29.6 Å².